The number of nitrogens with one attached hydrogen (secondary N) is 1. The fourth-order valence-electron chi connectivity index (χ4n) is 2.60. The predicted molar refractivity (Wildman–Crippen MR) is 112 cm³/mol. The first-order valence-electron chi connectivity index (χ1n) is 8.86. The summed E-state index contributed by atoms with van der Waals surface area (Å²) in [6, 6.07) is 12.5. The minimum absolute atomic E-state index is 0.115. The van der Waals surface area contributed by atoms with E-state index < -0.39 is 5.97 Å². The van der Waals surface area contributed by atoms with Gasteiger partial charge in [-0.25, -0.2) is 9.79 Å². The van der Waals surface area contributed by atoms with Crippen molar-refractivity contribution in [3.8, 4) is 11.5 Å². The molecule has 2 aromatic rings. The number of amides is 1. The molecule has 0 fully saturated rings. The number of carbonyl (C=O) groups is 2. The number of nitrogens with zero attached hydrogens (tertiary/aromatic N) is 1. The van der Waals surface area contributed by atoms with Crippen molar-refractivity contribution in [3.05, 3.63) is 63.8 Å². The molecular weight excluding hydrogens is 440 g/mol. The first-order valence-corrected chi connectivity index (χ1v) is 9.66. The summed E-state index contributed by atoms with van der Waals surface area (Å²) in [5.74, 6) is 0.342. The van der Waals surface area contributed by atoms with Gasteiger partial charge in [0.25, 0.3) is 5.91 Å². The largest absolute Gasteiger partial charge is 0.493 e. The average Bonchev–Trinajstić information content (AvgIpc) is 3.07. The summed E-state index contributed by atoms with van der Waals surface area (Å²) >= 11 is 3.42. The molecule has 0 aliphatic carbocycles. The summed E-state index contributed by atoms with van der Waals surface area (Å²) in [5.41, 5.74) is 1.54. The van der Waals surface area contributed by atoms with Crippen molar-refractivity contribution in [2.75, 3.05) is 20.3 Å². The van der Waals surface area contributed by atoms with Crippen LogP contribution < -0.4 is 14.8 Å². The van der Waals surface area contributed by atoms with Crippen LogP contribution in [0.4, 0.5) is 0 Å². The number of methoxy groups -OCH3 is 1. The summed E-state index contributed by atoms with van der Waals surface area (Å²) in [4.78, 5) is 28.1. The molecule has 1 amide bonds. The van der Waals surface area contributed by atoms with Crippen LogP contribution in [0.15, 0.2) is 57.6 Å². The van der Waals surface area contributed by atoms with Crippen LogP contribution in [0.25, 0.3) is 6.08 Å². The van der Waals surface area contributed by atoms with E-state index in [1.807, 2.05) is 31.2 Å². The summed E-state index contributed by atoms with van der Waals surface area (Å²) in [5, 5.41) is 2.66. The topological polar surface area (TPSA) is 86.2 Å². The number of aliphatic imine (C=N–C) groups is 1. The van der Waals surface area contributed by atoms with E-state index in [4.69, 9.17) is 14.2 Å². The predicted octanol–water partition coefficient (Wildman–Crippen LogP) is 3.32. The molecule has 1 aliphatic heterocycles. The molecule has 0 atom stereocenters. The van der Waals surface area contributed by atoms with Crippen molar-refractivity contribution >= 4 is 39.8 Å². The molecule has 3 rings (SSSR count). The van der Waals surface area contributed by atoms with Gasteiger partial charge < -0.3 is 19.5 Å². The normalized spacial score (nSPS) is 14.4. The van der Waals surface area contributed by atoms with Crippen molar-refractivity contribution in [2.45, 2.75) is 6.92 Å². The molecule has 0 saturated carbocycles. The molecule has 0 unspecified atom stereocenters. The maximum Gasteiger partial charge on any atom is 0.363 e. The molecule has 1 heterocycles. The van der Waals surface area contributed by atoms with Crippen molar-refractivity contribution in [1.29, 1.82) is 0 Å². The summed E-state index contributed by atoms with van der Waals surface area (Å²) in [6.07, 6.45) is 1.60. The molecule has 29 heavy (non-hydrogen) atoms. The standard InChI is InChI=1S/C21H19BrN2O5/c1-3-23-19(25)12-28-17-9-8-13(11-18(17)27-2)10-16-21(26)29-20(24-16)14-6-4-5-7-15(14)22/h4-11H,3,12H2,1-2H3,(H,23,25)/b16-10-. The number of hydrogen-bond acceptors (Lipinski definition) is 6. The van der Waals surface area contributed by atoms with E-state index in [0.29, 0.717) is 29.2 Å². The summed E-state index contributed by atoms with van der Waals surface area (Å²) < 4.78 is 16.9. The SMILES string of the molecule is CCNC(=O)COc1ccc(/C=C2\N=C(c3ccccc3Br)OC2=O)cc1OC. The van der Waals surface area contributed by atoms with E-state index in [0.717, 1.165) is 4.47 Å². The van der Waals surface area contributed by atoms with Crippen molar-refractivity contribution in [1.82, 2.24) is 5.32 Å². The molecule has 0 aromatic heterocycles. The Kier molecular flexibility index (Phi) is 6.66. The number of likely N-dealkylation sites (N-methyl/N-ethyl adjacent to an activating group) is 1. The Morgan fingerprint density at radius 2 is 2.03 bits per heavy atom. The number of cyclic esters (lactones) is 1. The van der Waals surface area contributed by atoms with Gasteiger partial charge in [-0.15, -0.1) is 0 Å². The van der Waals surface area contributed by atoms with Gasteiger partial charge in [-0.2, -0.15) is 0 Å². The maximum atomic E-state index is 12.2. The third kappa shape index (κ3) is 5.03. The van der Waals surface area contributed by atoms with Gasteiger partial charge in [-0.3, -0.25) is 4.79 Å². The van der Waals surface area contributed by atoms with Crippen LogP contribution in [-0.4, -0.2) is 38.0 Å². The molecule has 2 aromatic carbocycles. The fourth-order valence-corrected chi connectivity index (χ4v) is 3.06. The molecular formula is C21H19BrN2O5. The summed E-state index contributed by atoms with van der Waals surface area (Å²) in [6.45, 7) is 2.25. The molecule has 0 saturated heterocycles. The smallest absolute Gasteiger partial charge is 0.363 e. The lowest BCUT2D eigenvalue weighted by molar-refractivity contribution is -0.130. The van der Waals surface area contributed by atoms with Gasteiger partial charge in [0.15, 0.2) is 23.8 Å². The van der Waals surface area contributed by atoms with Crippen LogP contribution in [0, 0.1) is 0 Å². The zero-order valence-electron chi connectivity index (χ0n) is 15.9. The highest BCUT2D eigenvalue weighted by atomic mass is 79.9. The molecule has 0 bridgehead atoms. The van der Waals surface area contributed by atoms with Gasteiger partial charge >= 0.3 is 5.97 Å². The van der Waals surface area contributed by atoms with Crippen molar-refractivity contribution in [2.24, 2.45) is 4.99 Å². The van der Waals surface area contributed by atoms with Crippen LogP contribution in [0.3, 0.4) is 0 Å². The van der Waals surface area contributed by atoms with E-state index >= 15 is 0 Å². The lowest BCUT2D eigenvalue weighted by atomic mass is 10.1. The number of hydrogen-bond donors (Lipinski definition) is 1. The van der Waals surface area contributed by atoms with E-state index in [2.05, 4.69) is 26.2 Å². The summed E-state index contributed by atoms with van der Waals surface area (Å²) in [7, 11) is 1.50. The number of carbonyl (C=O) groups excluding carboxylic acids is 2. The molecule has 0 radical (unpaired) electrons. The maximum absolute atomic E-state index is 12.2. The van der Waals surface area contributed by atoms with E-state index in [1.54, 1.807) is 24.3 Å². The quantitative estimate of drug-likeness (QED) is 0.507. The number of esters is 1. The third-order valence-corrected chi connectivity index (χ3v) is 4.64. The number of benzene rings is 2. The van der Waals surface area contributed by atoms with Gasteiger partial charge in [0.2, 0.25) is 5.90 Å². The second-order valence-corrected chi connectivity index (χ2v) is 6.82. The van der Waals surface area contributed by atoms with Crippen LogP contribution in [0.5, 0.6) is 11.5 Å². The second-order valence-electron chi connectivity index (χ2n) is 5.97. The van der Waals surface area contributed by atoms with E-state index in [-0.39, 0.29) is 24.1 Å². The Bertz CT molecular complexity index is 1000. The monoisotopic (exact) mass is 458 g/mol. The average molecular weight is 459 g/mol. The lowest BCUT2D eigenvalue weighted by Crippen LogP contribution is -2.28. The van der Waals surface area contributed by atoms with Crippen LogP contribution >= 0.6 is 15.9 Å². The van der Waals surface area contributed by atoms with Gasteiger partial charge in [0, 0.05) is 11.0 Å². The Morgan fingerprint density at radius 1 is 1.24 bits per heavy atom. The van der Waals surface area contributed by atoms with Crippen LogP contribution in [0.1, 0.15) is 18.1 Å². The van der Waals surface area contributed by atoms with Crippen LogP contribution in [-0.2, 0) is 14.3 Å². The Hall–Kier alpha value is -3.13. The highest BCUT2D eigenvalue weighted by molar-refractivity contribution is 9.10. The van der Waals surface area contributed by atoms with Crippen molar-refractivity contribution < 1.29 is 23.8 Å². The second kappa shape index (κ2) is 9.38. The number of ether oxygens (including phenoxy) is 3. The highest BCUT2D eigenvalue weighted by Crippen LogP contribution is 2.30. The molecule has 1 N–H and O–H groups in total. The molecule has 0 spiro atoms. The van der Waals surface area contributed by atoms with Gasteiger partial charge in [0.05, 0.1) is 12.7 Å². The Balaban J connectivity index is 1.81. The number of rotatable bonds is 7. The minimum Gasteiger partial charge on any atom is -0.493 e. The Labute approximate surface area is 176 Å². The lowest BCUT2D eigenvalue weighted by Gasteiger charge is -2.11. The van der Waals surface area contributed by atoms with Gasteiger partial charge in [-0.05, 0) is 58.8 Å². The van der Waals surface area contributed by atoms with E-state index in [9.17, 15) is 9.59 Å². The highest BCUT2D eigenvalue weighted by Gasteiger charge is 2.25. The van der Waals surface area contributed by atoms with Gasteiger partial charge in [-0.1, -0.05) is 18.2 Å². The molecule has 1 aliphatic rings. The first kappa shape index (κ1) is 20.6. The zero-order valence-corrected chi connectivity index (χ0v) is 17.5. The first-order chi connectivity index (χ1) is 14.0. The van der Waals surface area contributed by atoms with Crippen molar-refractivity contribution in [3.63, 3.8) is 0 Å². The zero-order chi connectivity index (χ0) is 20.8. The molecule has 7 nitrogen and oxygen atoms in total. The Morgan fingerprint density at radius 3 is 2.76 bits per heavy atom. The minimum atomic E-state index is -0.536. The molecule has 150 valence electrons. The number of halogens is 1. The van der Waals surface area contributed by atoms with Gasteiger partial charge in [0.1, 0.15) is 0 Å². The van der Waals surface area contributed by atoms with E-state index in [1.165, 1.54) is 7.11 Å². The third-order valence-electron chi connectivity index (χ3n) is 3.95. The molecule has 8 heteroatoms. The van der Waals surface area contributed by atoms with Crippen LogP contribution in [0.2, 0.25) is 0 Å². The fraction of sp³-hybridized carbons (Fsp3) is 0.190.